The maximum Gasteiger partial charge on any atom is 0.416 e. The maximum atomic E-state index is 12.5. The van der Waals surface area contributed by atoms with Crippen LogP contribution in [0.25, 0.3) is 0 Å². The Balaban J connectivity index is 2.98. The Kier molecular flexibility index (Phi) is 4.33. The third kappa shape index (κ3) is 3.63. The van der Waals surface area contributed by atoms with E-state index in [2.05, 4.69) is 5.32 Å². The van der Waals surface area contributed by atoms with E-state index in [9.17, 15) is 28.2 Å². The normalized spacial score (nSPS) is 13.9. The lowest BCUT2D eigenvalue weighted by Crippen LogP contribution is -2.57. The molecule has 0 spiro atoms. The number of carbonyl (C=O) groups is 1. The molecule has 1 aromatic rings. The number of hydrogen-bond acceptors (Lipinski definition) is 3. The van der Waals surface area contributed by atoms with Gasteiger partial charge in [-0.15, -0.1) is 0 Å². The second kappa shape index (κ2) is 5.32. The second-order valence-corrected chi connectivity index (χ2v) is 5.12. The van der Waals surface area contributed by atoms with Crippen LogP contribution in [0.5, 0.6) is 5.75 Å². The fourth-order valence-electron chi connectivity index (χ4n) is 1.69. The van der Waals surface area contributed by atoms with Gasteiger partial charge in [0.15, 0.2) is 6.10 Å². The highest BCUT2D eigenvalue weighted by molar-refractivity contribution is 5.96. The summed E-state index contributed by atoms with van der Waals surface area (Å²) in [7, 11) is 0. The quantitative estimate of drug-likeness (QED) is 0.799. The molecule has 0 aliphatic heterocycles. The van der Waals surface area contributed by atoms with Crippen molar-refractivity contribution >= 4 is 5.91 Å². The summed E-state index contributed by atoms with van der Waals surface area (Å²) in [5.41, 5.74) is -1.35. The van der Waals surface area contributed by atoms with Gasteiger partial charge in [0.2, 0.25) is 0 Å². The maximum absolute atomic E-state index is 12.5. The summed E-state index contributed by atoms with van der Waals surface area (Å²) in [6, 6.07) is 3.99. The molecule has 0 aromatic heterocycles. The number of hydrogen-bond donors (Lipinski definition) is 3. The van der Waals surface area contributed by atoms with E-state index in [0.717, 1.165) is 19.9 Å². The Morgan fingerprint density at radius 1 is 1.30 bits per heavy atom. The van der Waals surface area contributed by atoms with E-state index < -0.39 is 23.7 Å². The summed E-state index contributed by atoms with van der Waals surface area (Å²) in [6.07, 6.45) is -7.54. The Morgan fingerprint density at radius 2 is 1.85 bits per heavy atom. The first-order valence-electron chi connectivity index (χ1n) is 5.82. The zero-order valence-electron chi connectivity index (χ0n) is 11.2. The van der Waals surface area contributed by atoms with Crippen molar-refractivity contribution in [2.45, 2.75) is 38.6 Å². The molecule has 0 saturated carbocycles. The molecule has 3 N–H and O–H groups in total. The average molecular weight is 291 g/mol. The van der Waals surface area contributed by atoms with Crippen molar-refractivity contribution in [2.75, 3.05) is 0 Å². The van der Waals surface area contributed by atoms with E-state index in [1.54, 1.807) is 6.92 Å². The highest BCUT2D eigenvalue weighted by atomic mass is 19.4. The van der Waals surface area contributed by atoms with E-state index in [-0.39, 0.29) is 11.3 Å². The Hall–Kier alpha value is -1.76. The number of aromatic hydroxyl groups is 1. The summed E-state index contributed by atoms with van der Waals surface area (Å²) in [6.45, 7) is 3.73. The standard InChI is InChI=1S/C13H16F3NO3/c1-7-4-5-8(18)6-9(7)10(19)17-12(2,3)11(20)13(14,15)16/h4-6,11,18,20H,1-3H3,(H,17,19). The van der Waals surface area contributed by atoms with Gasteiger partial charge in [-0.25, -0.2) is 0 Å². The molecule has 20 heavy (non-hydrogen) atoms. The van der Waals surface area contributed by atoms with E-state index in [1.807, 2.05) is 0 Å². The van der Waals surface area contributed by atoms with Crippen LogP contribution < -0.4 is 5.32 Å². The lowest BCUT2D eigenvalue weighted by Gasteiger charge is -2.33. The summed E-state index contributed by atoms with van der Waals surface area (Å²) in [4.78, 5) is 12.0. The first-order chi connectivity index (χ1) is 8.95. The molecule has 0 heterocycles. The minimum Gasteiger partial charge on any atom is -0.508 e. The number of phenols is 1. The lowest BCUT2D eigenvalue weighted by atomic mass is 9.95. The van der Waals surface area contributed by atoms with Gasteiger partial charge in [-0.3, -0.25) is 4.79 Å². The van der Waals surface area contributed by atoms with Crippen molar-refractivity contribution < 1.29 is 28.2 Å². The van der Waals surface area contributed by atoms with Crippen molar-refractivity contribution in [3.63, 3.8) is 0 Å². The molecule has 112 valence electrons. The van der Waals surface area contributed by atoms with Crippen LogP contribution >= 0.6 is 0 Å². The number of halogens is 3. The number of rotatable bonds is 3. The van der Waals surface area contributed by atoms with E-state index >= 15 is 0 Å². The van der Waals surface area contributed by atoms with Gasteiger partial charge in [0, 0.05) is 5.56 Å². The SMILES string of the molecule is Cc1ccc(O)cc1C(=O)NC(C)(C)C(O)C(F)(F)F. The van der Waals surface area contributed by atoms with Gasteiger partial charge in [-0.2, -0.15) is 13.2 Å². The van der Waals surface area contributed by atoms with Gasteiger partial charge in [-0.1, -0.05) is 6.07 Å². The number of aryl methyl sites for hydroxylation is 1. The van der Waals surface area contributed by atoms with Crippen LogP contribution in [0.4, 0.5) is 13.2 Å². The number of carbonyl (C=O) groups excluding carboxylic acids is 1. The molecule has 0 bridgehead atoms. The van der Waals surface area contributed by atoms with E-state index in [0.29, 0.717) is 5.56 Å². The summed E-state index contributed by atoms with van der Waals surface area (Å²) < 4.78 is 37.5. The van der Waals surface area contributed by atoms with Crippen LogP contribution in [-0.2, 0) is 0 Å². The molecule has 1 amide bonds. The zero-order chi connectivity index (χ0) is 15.7. The van der Waals surface area contributed by atoms with Gasteiger partial charge in [0.1, 0.15) is 5.75 Å². The minimum atomic E-state index is -4.84. The molecule has 1 rings (SSSR count). The zero-order valence-corrected chi connectivity index (χ0v) is 11.2. The van der Waals surface area contributed by atoms with Gasteiger partial charge in [0.25, 0.3) is 5.91 Å². The second-order valence-electron chi connectivity index (χ2n) is 5.12. The van der Waals surface area contributed by atoms with Gasteiger partial charge < -0.3 is 15.5 Å². The number of amides is 1. The van der Waals surface area contributed by atoms with Crippen LogP contribution in [0.1, 0.15) is 29.8 Å². The summed E-state index contributed by atoms with van der Waals surface area (Å²) in [5.74, 6) is -0.971. The smallest absolute Gasteiger partial charge is 0.416 e. The Bertz CT molecular complexity index is 512. The molecule has 1 atom stereocenters. The summed E-state index contributed by atoms with van der Waals surface area (Å²) >= 11 is 0. The van der Waals surface area contributed by atoms with Crippen molar-refractivity contribution in [2.24, 2.45) is 0 Å². The number of nitrogens with one attached hydrogen (secondary N) is 1. The van der Waals surface area contributed by atoms with Crippen LogP contribution in [0, 0.1) is 6.92 Å². The van der Waals surface area contributed by atoms with Crippen molar-refractivity contribution in [3.8, 4) is 5.75 Å². The fraction of sp³-hybridized carbons (Fsp3) is 0.462. The topological polar surface area (TPSA) is 69.6 Å². The highest BCUT2D eigenvalue weighted by Gasteiger charge is 2.48. The monoisotopic (exact) mass is 291 g/mol. The van der Waals surface area contributed by atoms with E-state index in [4.69, 9.17) is 0 Å². The molecule has 0 aliphatic carbocycles. The molecule has 7 heteroatoms. The van der Waals surface area contributed by atoms with Crippen LogP contribution in [0.3, 0.4) is 0 Å². The predicted molar refractivity (Wildman–Crippen MR) is 66.5 cm³/mol. The number of phenolic OH excluding ortho intramolecular Hbond substituents is 1. The van der Waals surface area contributed by atoms with E-state index in [1.165, 1.54) is 12.1 Å². The van der Waals surface area contributed by atoms with Crippen LogP contribution in [0.2, 0.25) is 0 Å². The average Bonchev–Trinajstić information content (AvgIpc) is 2.29. The molecule has 0 radical (unpaired) electrons. The molecule has 4 nitrogen and oxygen atoms in total. The number of alkyl halides is 3. The first kappa shape index (κ1) is 16.3. The van der Waals surface area contributed by atoms with Crippen molar-refractivity contribution in [1.29, 1.82) is 0 Å². The predicted octanol–water partition coefficient (Wildman–Crippen LogP) is 2.13. The summed E-state index contributed by atoms with van der Waals surface area (Å²) in [5, 5.41) is 20.7. The highest BCUT2D eigenvalue weighted by Crippen LogP contribution is 2.28. The molecule has 1 aromatic carbocycles. The molecule has 0 fully saturated rings. The van der Waals surface area contributed by atoms with Crippen molar-refractivity contribution in [3.05, 3.63) is 29.3 Å². The van der Waals surface area contributed by atoms with Crippen LogP contribution in [0.15, 0.2) is 18.2 Å². The van der Waals surface area contributed by atoms with Crippen molar-refractivity contribution in [1.82, 2.24) is 5.32 Å². The Labute approximate surface area is 114 Å². The third-order valence-electron chi connectivity index (χ3n) is 2.90. The van der Waals surface area contributed by atoms with Gasteiger partial charge in [-0.05, 0) is 38.5 Å². The number of aliphatic hydroxyl groups is 1. The largest absolute Gasteiger partial charge is 0.508 e. The minimum absolute atomic E-state index is 0.0486. The molecule has 0 aliphatic rings. The molecule has 0 saturated heterocycles. The third-order valence-corrected chi connectivity index (χ3v) is 2.90. The van der Waals surface area contributed by atoms with Gasteiger partial charge in [0.05, 0.1) is 5.54 Å². The lowest BCUT2D eigenvalue weighted by molar-refractivity contribution is -0.222. The van der Waals surface area contributed by atoms with Gasteiger partial charge >= 0.3 is 6.18 Å². The Morgan fingerprint density at radius 3 is 2.35 bits per heavy atom. The van der Waals surface area contributed by atoms with Crippen LogP contribution in [-0.4, -0.2) is 33.9 Å². The molecular formula is C13H16F3NO3. The number of aliphatic hydroxyl groups excluding tert-OH is 1. The molecular weight excluding hydrogens is 275 g/mol. The number of benzene rings is 1. The molecule has 1 unspecified atom stereocenters. The fourth-order valence-corrected chi connectivity index (χ4v) is 1.69. The first-order valence-corrected chi connectivity index (χ1v) is 5.82.